The quantitative estimate of drug-likeness (QED) is 0.797. The largest absolute Gasteiger partial charge is 0.478 e. The fraction of sp³-hybridized carbons (Fsp3) is 0. The lowest BCUT2D eigenvalue weighted by Crippen LogP contribution is -1.84. The topological polar surface area (TPSA) is 37.3 Å². The molecule has 0 amide bonds. The SMILES string of the molecule is O=C(O)/C=C/c1ccc(Br)s1. The van der Waals surface area contributed by atoms with Gasteiger partial charge in [-0.05, 0) is 34.1 Å². The lowest BCUT2D eigenvalue weighted by atomic mass is 10.4. The second kappa shape index (κ2) is 3.69. The Morgan fingerprint density at radius 3 is 2.82 bits per heavy atom. The number of halogens is 1. The molecule has 0 unspecified atom stereocenters. The highest BCUT2D eigenvalue weighted by molar-refractivity contribution is 9.11. The van der Waals surface area contributed by atoms with Gasteiger partial charge in [-0.15, -0.1) is 11.3 Å². The predicted octanol–water partition coefficient (Wildman–Crippen LogP) is 2.61. The molecular formula is C7H5BrO2S. The molecule has 0 aromatic carbocycles. The van der Waals surface area contributed by atoms with Crippen LogP contribution in [0.15, 0.2) is 22.0 Å². The normalized spacial score (nSPS) is 10.6. The van der Waals surface area contributed by atoms with Gasteiger partial charge < -0.3 is 5.11 Å². The van der Waals surface area contributed by atoms with E-state index in [1.165, 1.54) is 11.3 Å². The van der Waals surface area contributed by atoms with Gasteiger partial charge in [-0.25, -0.2) is 4.79 Å². The first kappa shape index (κ1) is 8.49. The fourth-order valence-corrected chi connectivity index (χ4v) is 1.90. The Bertz CT molecular complexity index is 290. The minimum atomic E-state index is -0.922. The Kier molecular flexibility index (Phi) is 2.84. The third-order valence-electron chi connectivity index (χ3n) is 0.984. The summed E-state index contributed by atoms with van der Waals surface area (Å²) in [5, 5.41) is 8.29. The highest BCUT2D eigenvalue weighted by atomic mass is 79.9. The summed E-state index contributed by atoms with van der Waals surface area (Å²) in [5.41, 5.74) is 0. The van der Waals surface area contributed by atoms with Crippen molar-refractivity contribution in [1.82, 2.24) is 0 Å². The minimum Gasteiger partial charge on any atom is -0.478 e. The average Bonchev–Trinajstić information content (AvgIpc) is 2.31. The van der Waals surface area contributed by atoms with Crippen LogP contribution in [0.1, 0.15) is 4.88 Å². The molecule has 0 aliphatic rings. The van der Waals surface area contributed by atoms with Crippen molar-refractivity contribution < 1.29 is 9.90 Å². The minimum absolute atomic E-state index is 0.922. The van der Waals surface area contributed by atoms with Crippen LogP contribution >= 0.6 is 27.3 Å². The summed E-state index contributed by atoms with van der Waals surface area (Å²) in [6.07, 6.45) is 2.69. The molecule has 11 heavy (non-hydrogen) atoms. The highest BCUT2D eigenvalue weighted by Crippen LogP contribution is 2.22. The van der Waals surface area contributed by atoms with Gasteiger partial charge in [0.05, 0.1) is 3.79 Å². The van der Waals surface area contributed by atoms with Gasteiger partial charge in [0.2, 0.25) is 0 Å². The van der Waals surface area contributed by atoms with Crippen molar-refractivity contribution in [3.63, 3.8) is 0 Å². The van der Waals surface area contributed by atoms with Crippen LogP contribution in [-0.2, 0) is 4.79 Å². The number of thiophene rings is 1. The molecule has 1 heterocycles. The fourth-order valence-electron chi connectivity index (χ4n) is 0.571. The van der Waals surface area contributed by atoms with Gasteiger partial charge in [-0.3, -0.25) is 0 Å². The molecule has 0 spiro atoms. The summed E-state index contributed by atoms with van der Waals surface area (Å²) in [6.45, 7) is 0. The van der Waals surface area contributed by atoms with Gasteiger partial charge in [-0.2, -0.15) is 0 Å². The maximum absolute atomic E-state index is 10.1. The Hall–Kier alpha value is -0.610. The lowest BCUT2D eigenvalue weighted by molar-refractivity contribution is -0.131. The maximum Gasteiger partial charge on any atom is 0.328 e. The van der Waals surface area contributed by atoms with E-state index in [-0.39, 0.29) is 0 Å². The summed E-state index contributed by atoms with van der Waals surface area (Å²) in [7, 11) is 0. The van der Waals surface area contributed by atoms with Gasteiger partial charge in [0, 0.05) is 11.0 Å². The van der Waals surface area contributed by atoms with Crippen LogP contribution in [0, 0.1) is 0 Å². The zero-order valence-electron chi connectivity index (χ0n) is 5.45. The highest BCUT2D eigenvalue weighted by Gasteiger charge is 1.92. The van der Waals surface area contributed by atoms with Gasteiger partial charge in [0.15, 0.2) is 0 Å². The Balaban J connectivity index is 2.71. The summed E-state index contributed by atoms with van der Waals surface area (Å²) in [6, 6.07) is 3.74. The molecule has 0 atom stereocenters. The van der Waals surface area contributed by atoms with Crippen molar-refractivity contribution in [2.24, 2.45) is 0 Å². The van der Waals surface area contributed by atoms with Crippen LogP contribution in [0.4, 0.5) is 0 Å². The summed E-state index contributed by atoms with van der Waals surface area (Å²) < 4.78 is 1.00. The van der Waals surface area contributed by atoms with Crippen molar-refractivity contribution >= 4 is 39.3 Å². The lowest BCUT2D eigenvalue weighted by Gasteiger charge is -1.79. The first-order valence-electron chi connectivity index (χ1n) is 2.85. The first-order valence-corrected chi connectivity index (χ1v) is 4.46. The molecule has 1 aromatic heterocycles. The van der Waals surface area contributed by atoms with Gasteiger partial charge >= 0.3 is 5.97 Å². The summed E-state index contributed by atoms with van der Waals surface area (Å²) >= 11 is 4.77. The van der Waals surface area contributed by atoms with Gasteiger partial charge in [-0.1, -0.05) is 0 Å². The molecule has 0 fully saturated rings. The van der Waals surface area contributed by atoms with E-state index in [0.29, 0.717) is 0 Å². The van der Waals surface area contributed by atoms with Crippen LogP contribution in [-0.4, -0.2) is 11.1 Å². The molecule has 0 saturated heterocycles. The smallest absolute Gasteiger partial charge is 0.328 e. The molecule has 1 N–H and O–H groups in total. The molecule has 0 aliphatic heterocycles. The molecular weight excluding hydrogens is 228 g/mol. The van der Waals surface area contributed by atoms with Gasteiger partial charge in [0.25, 0.3) is 0 Å². The van der Waals surface area contributed by atoms with E-state index in [1.807, 2.05) is 12.1 Å². The Morgan fingerprint density at radius 1 is 1.64 bits per heavy atom. The number of carbonyl (C=O) groups is 1. The van der Waals surface area contributed by atoms with Crippen molar-refractivity contribution in [3.8, 4) is 0 Å². The van der Waals surface area contributed by atoms with E-state index in [0.717, 1.165) is 14.7 Å². The van der Waals surface area contributed by atoms with E-state index in [2.05, 4.69) is 15.9 Å². The molecule has 58 valence electrons. The van der Waals surface area contributed by atoms with Crippen molar-refractivity contribution in [3.05, 3.63) is 26.9 Å². The second-order valence-corrected chi connectivity index (χ2v) is 4.31. The van der Waals surface area contributed by atoms with Crippen LogP contribution in [0.2, 0.25) is 0 Å². The van der Waals surface area contributed by atoms with E-state index >= 15 is 0 Å². The maximum atomic E-state index is 10.1. The molecule has 1 rings (SSSR count). The molecule has 0 saturated carbocycles. The van der Waals surface area contributed by atoms with E-state index in [4.69, 9.17) is 5.11 Å². The van der Waals surface area contributed by atoms with E-state index in [1.54, 1.807) is 6.08 Å². The van der Waals surface area contributed by atoms with Crippen LogP contribution in [0.25, 0.3) is 6.08 Å². The van der Waals surface area contributed by atoms with Crippen molar-refractivity contribution in [2.45, 2.75) is 0 Å². The zero-order chi connectivity index (χ0) is 8.27. The second-order valence-electron chi connectivity index (χ2n) is 1.81. The summed E-state index contributed by atoms with van der Waals surface area (Å²) in [4.78, 5) is 11.0. The summed E-state index contributed by atoms with van der Waals surface area (Å²) in [5.74, 6) is -0.922. The number of carboxylic acids is 1. The number of carboxylic acid groups (broad SMARTS) is 1. The molecule has 2 nitrogen and oxygen atoms in total. The third-order valence-corrected chi connectivity index (χ3v) is 2.57. The zero-order valence-corrected chi connectivity index (χ0v) is 7.85. The van der Waals surface area contributed by atoms with E-state index in [9.17, 15) is 4.79 Å². The number of aliphatic carboxylic acids is 1. The number of rotatable bonds is 2. The molecule has 1 aromatic rings. The first-order chi connectivity index (χ1) is 5.18. The van der Waals surface area contributed by atoms with Crippen molar-refractivity contribution in [2.75, 3.05) is 0 Å². The molecule has 0 radical (unpaired) electrons. The average molecular weight is 233 g/mol. The monoisotopic (exact) mass is 232 g/mol. The van der Waals surface area contributed by atoms with E-state index < -0.39 is 5.97 Å². The molecule has 0 aliphatic carbocycles. The Morgan fingerprint density at radius 2 is 2.36 bits per heavy atom. The Labute approximate surface area is 76.3 Å². The predicted molar refractivity (Wildman–Crippen MR) is 48.7 cm³/mol. The molecule has 4 heteroatoms. The standard InChI is InChI=1S/C7H5BrO2S/c8-6-3-1-5(11-6)2-4-7(9)10/h1-4H,(H,9,10)/b4-2+. The molecule has 0 bridgehead atoms. The van der Waals surface area contributed by atoms with Crippen molar-refractivity contribution in [1.29, 1.82) is 0 Å². The van der Waals surface area contributed by atoms with Crippen LogP contribution < -0.4 is 0 Å². The number of hydrogen-bond donors (Lipinski definition) is 1. The van der Waals surface area contributed by atoms with Crippen LogP contribution in [0.3, 0.4) is 0 Å². The van der Waals surface area contributed by atoms with Gasteiger partial charge in [0.1, 0.15) is 0 Å². The number of hydrogen-bond acceptors (Lipinski definition) is 2. The third kappa shape index (κ3) is 2.86. The van der Waals surface area contributed by atoms with Crippen LogP contribution in [0.5, 0.6) is 0 Å².